The second-order valence-corrected chi connectivity index (χ2v) is 5.16. The van der Waals surface area contributed by atoms with Gasteiger partial charge in [0.1, 0.15) is 5.82 Å². The van der Waals surface area contributed by atoms with Crippen LogP contribution in [0.1, 0.15) is 22.5 Å². The van der Waals surface area contributed by atoms with E-state index < -0.39 is 0 Å². The Balaban J connectivity index is 2.37. The van der Waals surface area contributed by atoms with Gasteiger partial charge in [-0.05, 0) is 32.0 Å². The maximum absolute atomic E-state index is 13.7. The molecule has 0 aliphatic rings. The standard InChI is InChI=1S/C13H15BrFN3/c1-8-12(6-16)9(2)18(17-8)7-10-5-11(14)3-4-13(10)15/h3-5H,6-7,16H2,1-2H3. The minimum Gasteiger partial charge on any atom is -0.326 e. The molecule has 0 aliphatic carbocycles. The van der Waals surface area contributed by atoms with Crippen LogP contribution < -0.4 is 5.73 Å². The van der Waals surface area contributed by atoms with E-state index in [-0.39, 0.29) is 5.82 Å². The fraction of sp³-hybridized carbons (Fsp3) is 0.308. The minimum absolute atomic E-state index is 0.222. The topological polar surface area (TPSA) is 43.8 Å². The van der Waals surface area contributed by atoms with Crippen molar-refractivity contribution in [3.05, 3.63) is 51.0 Å². The predicted octanol–water partition coefficient (Wildman–Crippen LogP) is 2.91. The minimum atomic E-state index is -0.222. The molecule has 5 heteroatoms. The first-order valence-electron chi connectivity index (χ1n) is 5.69. The summed E-state index contributed by atoms with van der Waals surface area (Å²) in [7, 11) is 0. The fourth-order valence-corrected chi connectivity index (χ4v) is 2.42. The van der Waals surface area contributed by atoms with Gasteiger partial charge in [-0.3, -0.25) is 4.68 Å². The molecular formula is C13H15BrFN3. The molecular weight excluding hydrogens is 297 g/mol. The molecule has 0 aliphatic heterocycles. The smallest absolute Gasteiger partial charge is 0.128 e. The van der Waals surface area contributed by atoms with Crippen LogP contribution >= 0.6 is 15.9 Å². The lowest BCUT2D eigenvalue weighted by Gasteiger charge is -2.07. The summed E-state index contributed by atoms with van der Waals surface area (Å²) in [5.41, 5.74) is 9.22. The Morgan fingerprint density at radius 1 is 1.39 bits per heavy atom. The summed E-state index contributed by atoms with van der Waals surface area (Å²) in [6, 6.07) is 4.91. The van der Waals surface area contributed by atoms with E-state index in [9.17, 15) is 4.39 Å². The molecule has 2 N–H and O–H groups in total. The molecule has 0 amide bonds. The van der Waals surface area contributed by atoms with Gasteiger partial charge >= 0.3 is 0 Å². The quantitative estimate of drug-likeness (QED) is 0.947. The monoisotopic (exact) mass is 311 g/mol. The van der Waals surface area contributed by atoms with Crippen LogP contribution in [0.2, 0.25) is 0 Å². The molecule has 18 heavy (non-hydrogen) atoms. The van der Waals surface area contributed by atoms with Crippen molar-refractivity contribution in [2.75, 3.05) is 0 Å². The third-order valence-electron chi connectivity index (χ3n) is 3.06. The summed E-state index contributed by atoms with van der Waals surface area (Å²) in [6.07, 6.45) is 0. The van der Waals surface area contributed by atoms with E-state index in [0.717, 1.165) is 21.4 Å². The molecule has 0 unspecified atom stereocenters. The third kappa shape index (κ3) is 2.47. The first-order valence-corrected chi connectivity index (χ1v) is 6.49. The van der Waals surface area contributed by atoms with E-state index in [4.69, 9.17) is 5.73 Å². The van der Waals surface area contributed by atoms with Crippen LogP contribution in [-0.2, 0) is 13.1 Å². The molecule has 0 saturated carbocycles. The van der Waals surface area contributed by atoms with Crippen molar-refractivity contribution in [2.24, 2.45) is 5.73 Å². The van der Waals surface area contributed by atoms with Crippen molar-refractivity contribution in [2.45, 2.75) is 26.9 Å². The first-order chi connectivity index (χ1) is 8.52. The molecule has 2 aromatic rings. The van der Waals surface area contributed by atoms with Crippen LogP contribution in [0.15, 0.2) is 22.7 Å². The largest absolute Gasteiger partial charge is 0.326 e. The van der Waals surface area contributed by atoms with Gasteiger partial charge in [-0.1, -0.05) is 15.9 Å². The van der Waals surface area contributed by atoms with Gasteiger partial charge in [0.05, 0.1) is 12.2 Å². The van der Waals surface area contributed by atoms with Crippen LogP contribution in [0, 0.1) is 19.7 Å². The Morgan fingerprint density at radius 2 is 2.11 bits per heavy atom. The molecule has 0 fully saturated rings. The van der Waals surface area contributed by atoms with Crippen molar-refractivity contribution in [3.63, 3.8) is 0 Å². The van der Waals surface area contributed by atoms with E-state index in [0.29, 0.717) is 18.7 Å². The number of aryl methyl sites for hydroxylation is 1. The number of hydrogen-bond acceptors (Lipinski definition) is 2. The number of halogens is 2. The highest BCUT2D eigenvalue weighted by molar-refractivity contribution is 9.10. The van der Waals surface area contributed by atoms with Gasteiger partial charge in [0.2, 0.25) is 0 Å². The summed E-state index contributed by atoms with van der Waals surface area (Å²) in [4.78, 5) is 0. The maximum Gasteiger partial charge on any atom is 0.128 e. The Hall–Kier alpha value is -1.20. The number of benzene rings is 1. The summed E-state index contributed by atoms with van der Waals surface area (Å²) < 4.78 is 16.3. The highest BCUT2D eigenvalue weighted by atomic mass is 79.9. The van der Waals surface area contributed by atoms with Crippen LogP contribution in [-0.4, -0.2) is 9.78 Å². The van der Waals surface area contributed by atoms with Crippen molar-refractivity contribution >= 4 is 15.9 Å². The molecule has 0 saturated heterocycles. The number of aromatic nitrogens is 2. The predicted molar refractivity (Wildman–Crippen MR) is 72.8 cm³/mol. The van der Waals surface area contributed by atoms with E-state index in [2.05, 4.69) is 21.0 Å². The van der Waals surface area contributed by atoms with Crippen molar-refractivity contribution in [1.29, 1.82) is 0 Å². The van der Waals surface area contributed by atoms with Crippen LogP contribution in [0.5, 0.6) is 0 Å². The molecule has 3 nitrogen and oxygen atoms in total. The zero-order valence-corrected chi connectivity index (χ0v) is 12.0. The molecule has 1 aromatic heterocycles. The third-order valence-corrected chi connectivity index (χ3v) is 3.56. The van der Waals surface area contributed by atoms with Crippen molar-refractivity contribution in [3.8, 4) is 0 Å². The van der Waals surface area contributed by atoms with E-state index in [1.54, 1.807) is 16.8 Å². The number of nitrogens with two attached hydrogens (primary N) is 1. The summed E-state index contributed by atoms with van der Waals surface area (Å²) >= 11 is 3.35. The van der Waals surface area contributed by atoms with E-state index in [1.807, 2.05) is 13.8 Å². The average molecular weight is 312 g/mol. The molecule has 2 rings (SSSR count). The Bertz CT molecular complexity index is 578. The summed E-state index contributed by atoms with van der Waals surface area (Å²) in [6.45, 7) is 4.75. The maximum atomic E-state index is 13.7. The Labute approximate surface area is 114 Å². The lowest BCUT2D eigenvalue weighted by molar-refractivity contribution is 0.578. The van der Waals surface area contributed by atoms with Gasteiger partial charge in [0.25, 0.3) is 0 Å². The van der Waals surface area contributed by atoms with Gasteiger partial charge in [0, 0.05) is 27.8 Å². The van der Waals surface area contributed by atoms with Crippen LogP contribution in [0.25, 0.3) is 0 Å². The van der Waals surface area contributed by atoms with Gasteiger partial charge in [-0.2, -0.15) is 5.10 Å². The molecule has 0 bridgehead atoms. The zero-order valence-electron chi connectivity index (χ0n) is 10.4. The molecule has 0 radical (unpaired) electrons. The van der Waals surface area contributed by atoms with E-state index in [1.165, 1.54) is 6.07 Å². The van der Waals surface area contributed by atoms with Gasteiger partial charge < -0.3 is 5.73 Å². The van der Waals surface area contributed by atoms with Crippen molar-refractivity contribution in [1.82, 2.24) is 9.78 Å². The molecule has 96 valence electrons. The molecule has 1 heterocycles. The Kier molecular flexibility index (Phi) is 3.82. The van der Waals surface area contributed by atoms with Crippen LogP contribution in [0.3, 0.4) is 0 Å². The number of rotatable bonds is 3. The van der Waals surface area contributed by atoms with Crippen LogP contribution in [0.4, 0.5) is 4.39 Å². The Morgan fingerprint density at radius 3 is 2.72 bits per heavy atom. The van der Waals surface area contributed by atoms with Crippen molar-refractivity contribution < 1.29 is 4.39 Å². The SMILES string of the molecule is Cc1nn(Cc2cc(Br)ccc2F)c(C)c1CN. The van der Waals surface area contributed by atoms with Gasteiger partial charge in [-0.25, -0.2) is 4.39 Å². The lowest BCUT2D eigenvalue weighted by atomic mass is 10.2. The van der Waals surface area contributed by atoms with Gasteiger partial charge in [-0.15, -0.1) is 0 Å². The lowest BCUT2D eigenvalue weighted by Crippen LogP contribution is -2.07. The molecule has 1 aromatic carbocycles. The normalized spacial score (nSPS) is 10.9. The number of hydrogen-bond donors (Lipinski definition) is 1. The number of nitrogens with zero attached hydrogens (tertiary/aromatic N) is 2. The highest BCUT2D eigenvalue weighted by Crippen LogP contribution is 2.19. The first kappa shape index (κ1) is 13.2. The summed E-state index contributed by atoms with van der Waals surface area (Å²) in [5.74, 6) is -0.222. The molecule has 0 atom stereocenters. The second-order valence-electron chi connectivity index (χ2n) is 4.25. The highest BCUT2D eigenvalue weighted by Gasteiger charge is 2.12. The zero-order chi connectivity index (χ0) is 13.3. The molecule has 0 spiro atoms. The summed E-state index contributed by atoms with van der Waals surface area (Å²) in [5, 5.41) is 4.40. The second kappa shape index (κ2) is 5.20. The van der Waals surface area contributed by atoms with Gasteiger partial charge in [0.15, 0.2) is 0 Å². The fourth-order valence-electron chi connectivity index (χ4n) is 2.01. The van der Waals surface area contributed by atoms with E-state index >= 15 is 0 Å². The average Bonchev–Trinajstić information content (AvgIpc) is 2.59.